The summed E-state index contributed by atoms with van der Waals surface area (Å²) < 4.78 is 0. The summed E-state index contributed by atoms with van der Waals surface area (Å²) in [7, 11) is 0. The summed E-state index contributed by atoms with van der Waals surface area (Å²) in [6.45, 7) is 0. The number of aromatic nitrogens is 4. The lowest BCUT2D eigenvalue weighted by molar-refractivity contribution is 0.999. The number of H-pyrrole nitrogens is 2. The summed E-state index contributed by atoms with van der Waals surface area (Å²) in [6, 6.07) is 8.52. The third-order valence-electron chi connectivity index (χ3n) is 2.84. The molecule has 0 fully saturated rings. The van der Waals surface area contributed by atoms with Crippen molar-refractivity contribution >= 4 is 0 Å². The first-order valence-electron chi connectivity index (χ1n) is 5.94. The summed E-state index contributed by atoms with van der Waals surface area (Å²) in [4.78, 5) is 14.7. The topological polar surface area (TPSA) is 57.4 Å². The fourth-order valence-electron chi connectivity index (χ4n) is 2.03. The zero-order chi connectivity index (χ0) is 12.2. The lowest BCUT2D eigenvalue weighted by atomic mass is 10.1. The van der Waals surface area contributed by atoms with E-state index in [2.05, 4.69) is 44.2 Å². The Morgan fingerprint density at radius 3 is 1.83 bits per heavy atom. The van der Waals surface area contributed by atoms with Crippen LogP contribution in [-0.4, -0.2) is 19.9 Å². The summed E-state index contributed by atoms with van der Waals surface area (Å²) in [6.07, 6.45) is 8.92. The van der Waals surface area contributed by atoms with Gasteiger partial charge in [0.15, 0.2) is 0 Å². The van der Waals surface area contributed by atoms with Crippen molar-refractivity contribution in [2.75, 3.05) is 0 Å². The number of nitrogens with one attached hydrogen (secondary N) is 2. The second-order valence-electron chi connectivity index (χ2n) is 4.25. The highest BCUT2D eigenvalue weighted by atomic mass is 14.9. The Balaban J connectivity index is 1.76. The summed E-state index contributed by atoms with van der Waals surface area (Å²) >= 11 is 0. The summed E-state index contributed by atoms with van der Waals surface area (Å²) in [5, 5.41) is 0. The normalized spacial score (nSPS) is 10.7. The third-order valence-corrected chi connectivity index (χ3v) is 2.84. The number of nitrogens with zero attached hydrogens (tertiary/aromatic N) is 2. The van der Waals surface area contributed by atoms with E-state index in [0.29, 0.717) is 0 Å². The van der Waals surface area contributed by atoms with Gasteiger partial charge in [0.25, 0.3) is 0 Å². The predicted octanol–water partition coefficient (Wildman–Crippen LogP) is 2.31. The van der Waals surface area contributed by atoms with Gasteiger partial charge in [0.05, 0.1) is 0 Å². The zero-order valence-corrected chi connectivity index (χ0v) is 9.93. The molecular formula is C14H14N4. The average molecular weight is 238 g/mol. The highest BCUT2D eigenvalue weighted by Crippen LogP contribution is 2.11. The smallest absolute Gasteiger partial charge is 0.110 e. The van der Waals surface area contributed by atoms with Crippen LogP contribution in [0.5, 0.6) is 0 Å². The molecule has 2 N–H and O–H groups in total. The van der Waals surface area contributed by atoms with Crippen LogP contribution in [0.3, 0.4) is 0 Å². The Morgan fingerprint density at radius 2 is 1.39 bits per heavy atom. The highest BCUT2D eigenvalue weighted by molar-refractivity contribution is 5.27. The molecule has 0 aliphatic carbocycles. The van der Waals surface area contributed by atoms with Crippen molar-refractivity contribution in [1.29, 1.82) is 0 Å². The number of aromatic amines is 2. The van der Waals surface area contributed by atoms with E-state index in [0.717, 1.165) is 24.5 Å². The summed E-state index contributed by atoms with van der Waals surface area (Å²) in [5.74, 6) is 1.98. The second kappa shape index (κ2) is 4.87. The monoisotopic (exact) mass is 238 g/mol. The van der Waals surface area contributed by atoms with E-state index < -0.39 is 0 Å². The molecule has 0 bridgehead atoms. The average Bonchev–Trinajstić information content (AvgIpc) is 3.03. The van der Waals surface area contributed by atoms with Crippen molar-refractivity contribution in [3.63, 3.8) is 0 Å². The Morgan fingerprint density at radius 1 is 0.833 bits per heavy atom. The zero-order valence-electron chi connectivity index (χ0n) is 9.93. The fourth-order valence-corrected chi connectivity index (χ4v) is 2.03. The first kappa shape index (κ1) is 10.8. The second-order valence-corrected chi connectivity index (χ2v) is 4.25. The van der Waals surface area contributed by atoms with E-state index in [-0.39, 0.29) is 0 Å². The standard InChI is InChI=1S/C14H14N4/c1-2-11(9-13-15-4-5-16-13)8-12(3-1)10-14-17-6-7-18-14/h1-8H,9-10H2,(H,15,16)(H,17,18). The van der Waals surface area contributed by atoms with E-state index >= 15 is 0 Å². The van der Waals surface area contributed by atoms with Crippen LogP contribution in [0.1, 0.15) is 22.8 Å². The van der Waals surface area contributed by atoms with Crippen molar-refractivity contribution in [2.45, 2.75) is 12.8 Å². The van der Waals surface area contributed by atoms with Crippen LogP contribution >= 0.6 is 0 Å². The van der Waals surface area contributed by atoms with Gasteiger partial charge in [0.1, 0.15) is 11.6 Å². The lowest BCUT2D eigenvalue weighted by Gasteiger charge is -2.03. The van der Waals surface area contributed by atoms with Gasteiger partial charge in [-0.1, -0.05) is 24.3 Å². The van der Waals surface area contributed by atoms with E-state index in [9.17, 15) is 0 Å². The number of imidazole rings is 2. The Labute approximate surface area is 105 Å². The van der Waals surface area contributed by atoms with Crippen LogP contribution in [0, 0.1) is 0 Å². The van der Waals surface area contributed by atoms with Crippen LogP contribution in [0.25, 0.3) is 0 Å². The molecule has 1 aromatic carbocycles. The number of hydrogen-bond donors (Lipinski definition) is 2. The highest BCUT2D eigenvalue weighted by Gasteiger charge is 2.02. The lowest BCUT2D eigenvalue weighted by Crippen LogP contribution is -1.94. The van der Waals surface area contributed by atoms with Gasteiger partial charge < -0.3 is 9.97 Å². The first-order valence-corrected chi connectivity index (χ1v) is 5.94. The number of benzene rings is 1. The largest absolute Gasteiger partial charge is 0.348 e. The van der Waals surface area contributed by atoms with Crippen LogP contribution in [-0.2, 0) is 12.8 Å². The molecule has 0 unspecified atom stereocenters. The van der Waals surface area contributed by atoms with Gasteiger partial charge in [-0.2, -0.15) is 0 Å². The van der Waals surface area contributed by atoms with Crippen molar-refractivity contribution in [3.8, 4) is 0 Å². The molecule has 0 saturated heterocycles. The third kappa shape index (κ3) is 2.48. The quantitative estimate of drug-likeness (QED) is 0.732. The SMILES string of the molecule is c1cc(Cc2ncc[nH]2)cc(Cc2ncc[nH]2)c1. The molecule has 4 heteroatoms. The maximum absolute atomic E-state index is 4.24. The van der Waals surface area contributed by atoms with Gasteiger partial charge in [-0.05, 0) is 11.1 Å². The van der Waals surface area contributed by atoms with Crippen molar-refractivity contribution in [1.82, 2.24) is 19.9 Å². The molecule has 18 heavy (non-hydrogen) atoms. The molecule has 3 aromatic rings. The summed E-state index contributed by atoms with van der Waals surface area (Å²) in [5.41, 5.74) is 2.52. The van der Waals surface area contributed by atoms with E-state index in [1.54, 1.807) is 12.4 Å². The maximum atomic E-state index is 4.24. The molecule has 0 radical (unpaired) electrons. The Bertz CT molecular complexity index is 545. The van der Waals surface area contributed by atoms with Gasteiger partial charge in [-0.15, -0.1) is 0 Å². The van der Waals surface area contributed by atoms with Gasteiger partial charge >= 0.3 is 0 Å². The first-order chi connectivity index (χ1) is 8.90. The molecule has 4 nitrogen and oxygen atoms in total. The maximum Gasteiger partial charge on any atom is 0.110 e. The molecule has 90 valence electrons. The van der Waals surface area contributed by atoms with Crippen molar-refractivity contribution < 1.29 is 0 Å². The van der Waals surface area contributed by atoms with Gasteiger partial charge in [0, 0.05) is 37.6 Å². The Hall–Kier alpha value is -2.36. The number of hydrogen-bond acceptors (Lipinski definition) is 2. The molecular weight excluding hydrogens is 224 g/mol. The molecule has 2 aromatic heterocycles. The van der Waals surface area contributed by atoms with Gasteiger partial charge in [-0.3, -0.25) is 0 Å². The molecule has 3 rings (SSSR count). The molecule has 0 aliphatic rings. The van der Waals surface area contributed by atoms with Crippen LogP contribution in [0.2, 0.25) is 0 Å². The molecule has 0 aliphatic heterocycles. The molecule has 0 saturated carbocycles. The molecule has 2 heterocycles. The van der Waals surface area contributed by atoms with E-state index in [1.807, 2.05) is 12.4 Å². The molecule has 0 amide bonds. The van der Waals surface area contributed by atoms with E-state index in [1.165, 1.54) is 11.1 Å². The fraction of sp³-hybridized carbons (Fsp3) is 0.143. The van der Waals surface area contributed by atoms with Gasteiger partial charge in [-0.25, -0.2) is 9.97 Å². The minimum atomic E-state index is 0.832. The van der Waals surface area contributed by atoms with Crippen molar-refractivity contribution in [3.05, 3.63) is 71.8 Å². The molecule has 0 spiro atoms. The van der Waals surface area contributed by atoms with Gasteiger partial charge in [0.2, 0.25) is 0 Å². The van der Waals surface area contributed by atoms with Crippen LogP contribution in [0.4, 0.5) is 0 Å². The molecule has 0 atom stereocenters. The number of rotatable bonds is 4. The minimum Gasteiger partial charge on any atom is -0.348 e. The minimum absolute atomic E-state index is 0.832. The van der Waals surface area contributed by atoms with E-state index in [4.69, 9.17) is 0 Å². The van der Waals surface area contributed by atoms with Crippen molar-refractivity contribution in [2.24, 2.45) is 0 Å². The Kier molecular flexibility index (Phi) is 2.92. The predicted molar refractivity (Wildman–Crippen MR) is 69.2 cm³/mol. The van der Waals surface area contributed by atoms with Crippen LogP contribution < -0.4 is 0 Å². The van der Waals surface area contributed by atoms with Crippen LogP contribution in [0.15, 0.2) is 49.1 Å².